The van der Waals surface area contributed by atoms with Crippen LogP contribution in [0.1, 0.15) is 25.8 Å². The first-order valence-electron chi connectivity index (χ1n) is 5.96. The Morgan fingerprint density at radius 3 is 2.67 bits per heavy atom. The Bertz CT molecular complexity index is 430. The monoisotopic (exact) mass is 249 g/mol. The standard InChI is InChI=1S/C13H19N3O2/c1-9(2)6-12(17)15-8-13(18)16-11-4-5-14-7-10(11)3/h4-5,7,9H,6,8H2,1-3H3,(H,15,17)(H,14,16,18). The fourth-order valence-electron chi connectivity index (χ4n) is 1.43. The van der Waals surface area contributed by atoms with Gasteiger partial charge in [-0.05, 0) is 24.5 Å². The van der Waals surface area contributed by atoms with Crippen LogP contribution in [-0.2, 0) is 9.59 Å². The minimum atomic E-state index is -0.235. The molecule has 0 aromatic carbocycles. The van der Waals surface area contributed by atoms with Gasteiger partial charge in [-0.15, -0.1) is 0 Å². The first-order valence-corrected chi connectivity index (χ1v) is 5.96. The van der Waals surface area contributed by atoms with Crippen LogP contribution in [0.15, 0.2) is 18.5 Å². The molecule has 0 radical (unpaired) electrons. The van der Waals surface area contributed by atoms with Gasteiger partial charge in [-0.1, -0.05) is 13.8 Å². The van der Waals surface area contributed by atoms with Gasteiger partial charge in [-0.3, -0.25) is 14.6 Å². The lowest BCUT2D eigenvalue weighted by atomic mass is 10.1. The minimum Gasteiger partial charge on any atom is -0.347 e. The van der Waals surface area contributed by atoms with Gasteiger partial charge in [0.15, 0.2) is 0 Å². The number of carbonyl (C=O) groups excluding carboxylic acids is 2. The summed E-state index contributed by atoms with van der Waals surface area (Å²) >= 11 is 0. The lowest BCUT2D eigenvalue weighted by Crippen LogP contribution is -2.33. The van der Waals surface area contributed by atoms with Gasteiger partial charge in [0, 0.05) is 24.5 Å². The molecule has 0 spiro atoms. The Balaban J connectivity index is 2.39. The van der Waals surface area contributed by atoms with Gasteiger partial charge in [0.05, 0.1) is 6.54 Å². The number of amides is 2. The molecule has 1 aromatic heterocycles. The molecule has 0 aliphatic heterocycles. The molecule has 5 heteroatoms. The summed E-state index contributed by atoms with van der Waals surface area (Å²) in [6, 6.07) is 1.73. The van der Waals surface area contributed by atoms with E-state index >= 15 is 0 Å². The van der Waals surface area contributed by atoms with Crippen molar-refractivity contribution in [1.29, 1.82) is 0 Å². The lowest BCUT2D eigenvalue weighted by molar-refractivity contribution is -0.124. The second-order valence-corrected chi connectivity index (χ2v) is 4.61. The zero-order chi connectivity index (χ0) is 13.5. The number of hydrogen-bond donors (Lipinski definition) is 2. The maximum atomic E-state index is 11.6. The van der Waals surface area contributed by atoms with E-state index in [2.05, 4.69) is 15.6 Å². The molecule has 0 saturated heterocycles. The fraction of sp³-hybridized carbons (Fsp3) is 0.462. The van der Waals surface area contributed by atoms with Gasteiger partial charge in [0.1, 0.15) is 0 Å². The molecule has 1 rings (SSSR count). The predicted octanol–water partition coefficient (Wildman–Crippen LogP) is 1.49. The van der Waals surface area contributed by atoms with Crippen molar-refractivity contribution in [3.63, 3.8) is 0 Å². The third-order valence-corrected chi connectivity index (χ3v) is 2.33. The van der Waals surface area contributed by atoms with Crippen LogP contribution >= 0.6 is 0 Å². The molecule has 1 aromatic rings. The highest BCUT2D eigenvalue weighted by atomic mass is 16.2. The van der Waals surface area contributed by atoms with Crippen LogP contribution in [0.25, 0.3) is 0 Å². The summed E-state index contributed by atoms with van der Waals surface area (Å²) in [7, 11) is 0. The summed E-state index contributed by atoms with van der Waals surface area (Å²) in [5, 5.41) is 5.31. The molecule has 0 fully saturated rings. The van der Waals surface area contributed by atoms with Crippen molar-refractivity contribution in [2.45, 2.75) is 27.2 Å². The number of aromatic nitrogens is 1. The van der Waals surface area contributed by atoms with Crippen LogP contribution < -0.4 is 10.6 Å². The van der Waals surface area contributed by atoms with E-state index in [0.717, 1.165) is 5.56 Å². The SMILES string of the molecule is Cc1cnccc1NC(=O)CNC(=O)CC(C)C. The highest BCUT2D eigenvalue weighted by Gasteiger charge is 2.08. The molecule has 98 valence electrons. The van der Waals surface area contributed by atoms with Gasteiger partial charge in [-0.25, -0.2) is 0 Å². The average molecular weight is 249 g/mol. The molecule has 1 heterocycles. The van der Waals surface area contributed by atoms with E-state index in [4.69, 9.17) is 0 Å². The van der Waals surface area contributed by atoms with E-state index in [1.807, 2.05) is 20.8 Å². The summed E-state index contributed by atoms with van der Waals surface area (Å²) in [5.74, 6) is -0.0523. The van der Waals surface area contributed by atoms with Gasteiger partial charge in [0.25, 0.3) is 0 Å². The first-order chi connectivity index (χ1) is 8.49. The van der Waals surface area contributed by atoms with E-state index in [1.54, 1.807) is 18.5 Å². The number of nitrogens with zero attached hydrogens (tertiary/aromatic N) is 1. The smallest absolute Gasteiger partial charge is 0.243 e. The van der Waals surface area contributed by atoms with Crippen molar-refractivity contribution >= 4 is 17.5 Å². The van der Waals surface area contributed by atoms with Crippen LogP contribution in [0.3, 0.4) is 0 Å². The zero-order valence-electron chi connectivity index (χ0n) is 11.0. The third kappa shape index (κ3) is 4.95. The van der Waals surface area contributed by atoms with Crippen molar-refractivity contribution in [3.05, 3.63) is 24.0 Å². The van der Waals surface area contributed by atoms with Gasteiger partial charge < -0.3 is 10.6 Å². The Morgan fingerprint density at radius 2 is 2.06 bits per heavy atom. The Morgan fingerprint density at radius 1 is 1.33 bits per heavy atom. The molecule has 0 aliphatic carbocycles. The van der Waals surface area contributed by atoms with E-state index in [9.17, 15) is 9.59 Å². The summed E-state index contributed by atoms with van der Waals surface area (Å²) in [6.45, 7) is 5.77. The molecule has 0 aliphatic rings. The Kier molecular flexibility index (Phi) is 5.30. The van der Waals surface area contributed by atoms with Crippen LogP contribution in [0.4, 0.5) is 5.69 Å². The molecule has 0 unspecified atom stereocenters. The van der Waals surface area contributed by atoms with Gasteiger partial charge >= 0.3 is 0 Å². The highest BCUT2D eigenvalue weighted by molar-refractivity contribution is 5.94. The number of anilines is 1. The van der Waals surface area contributed by atoms with Crippen molar-refractivity contribution in [2.24, 2.45) is 5.92 Å². The number of aryl methyl sites for hydroxylation is 1. The van der Waals surface area contributed by atoms with Crippen LogP contribution in [0.5, 0.6) is 0 Å². The molecule has 0 bridgehead atoms. The molecule has 0 saturated carbocycles. The highest BCUT2D eigenvalue weighted by Crippen LogP contribution is 2.10. The zero-order valence-corrected chi connectivity index (χ0v) is 11.0. The van der Waals surface area contributed by atoms with E-state index < -0.39 is 0 Å². The van der Waals surface area contributed by atoms with Crippen molar-refractivity contribution in [3.8, 4) is 0 Å². The van der Waals surface area contributed by atoms with Crippen LogP contribution in [-0.4, -0.2) is 23.3 Å². The fourth-order valence-corrected chi connectivity index (χ4v) is 1.43. The topological polar surface area (TPSA) is 71.1 Å². The van der Waals surface area contributed by atoms with Crippen molar-refractivity contribution < 1.29 is 9.59 Å². The quantitative estimate of drug-likeness (QED) is 0.830. The number of hydrogen-bond acceptors (Lipinski definition) is 3. The summed E-state index contributed by atoms with van der Waals surface area (Å²) < 4.78 is 0. The lowest BCUT2D eigenvalue weighted by Gasteiger charge is -2.09. The molecule has 18 heavy (non-hydrogen) atoms. The van der Waals surface area contributed by atoms with Gasteiger partial charge in [0.2, 0.25) is 11.8 Å². The van der Waals surface area contributed by atoms with Crippen molar-refractivity contribution in [2.75, 3.05) is 11.9 Å². The summed E-state index contributed by atoms with van der Waals surface area (Å²) in [5.41, 5.74) is 1.60. The number of rotatable bonds is 5. The summed E-state index contributed by atoms with van der Waals surface area (Å²) in [4.78, 5) is 26.9. The van der Waals surface area contributed by atoms with Crippen molar-refractivity contribution in [1.82, 2.24) is 10.3 Å². The Hall–Kier alpha value is -1.91. The number of nitrogens with one attached hydrogen (secondary N) is 2. The molecular weight excluding hydrogens is 230 g/mol. The van der Waals surface area contributed by atoms with E-state index in [-0.39, 0.29) is 24.3 Å². The van der Waals surface area contributed by atoms with Crippen LogP contribution in [0, 0.1) is 12.8 Å². The largest absolute Gasteiger partial charge is 0.347 e. The molecule has 0 atom stereocenters. The molecular formula is C13H19N3O2. The second kappa shape index (κ2) is 6.74. The van der Waals surface area contributed by atoms with E-state index in [0.29, 0.717) is 12.1 Å². The molecule has 5 nitrogen and oxygen atoms in total. The average Bonchev–Trinajstić information content (AvgIpc) is 2.29. The molecule has 2 amide bonds. The second-order valence-electron chi connectivity index (χ2n) is 4.61. The number of carbonyl (C=O) groups is 2. The summed E-state index contributed by atoms with van der Waals surface area (Å²) in [6.07, 6.45) is 3.72. The minimum absolute atomic E-state index is 0.00663. The maximum absolute atomic E-state index is 11.6. The molecule has 2 N–H and O–H groups in total. The first kappa shape index (κ1) is 14.2. The maximum Gasteiger partial charge on any atom is 0.243 e. The normalized spacial score (nSPS) is 10.2. The van der Waals surface area contributed by atoms with Gasteiger partial charge in [-0.2, -0.15) is 0 Å². The van der Waals surface area contributed by atoms with Crippen LogP contribution in [0.2, 0.25) is 0 Å². The predicted molar refractivity (Wildman–Crippen MR) is 70.1 cm³/mol. The van der Waals surface area contributed by atoms with E-state index in [1.165, 1.54) is 0 Å². The third-order valence-electron chi connectivity index (χ3n) is 2.33. The number of pyridine rings is 1. The Labute approximate surface area is 107 Å².